The average molecular weight is 316 g/mol. The smallest absolute Gasteiger partial charge is 0.260 e. The van der Waals surface area contributed by atoms with Gasteiger partial charge in [0.25, 0.3) is 5.56 Å². The average Bonchev–Trinajstić information content (AvgIpc) is 2.62. The second-order valence-electron chi connectivity index (χ2n) is 5.60. The Morgan fingerprint density at radius 3 is 2.83 bits per heavy atom. The molecule has 0 atom stereocenters. The van der Waals surface area contributed by atoms with Crippen LogP contribution in [0.3, 0.4) is 0 Å². The minimum Gasteiger partial charge on any atom is -0.355 e. The first-order valence-corrected chi connectivity index (χ1v) is 7.87. The molecule has 2 aromatic carbocycles. The van der Waals surface area contributed by atoms with Gasteiger partial charge in [-0.25, -0.2) is 4.98 Å². The molecule has 5 heteroatoms. The fourth-order valence-corrected chi connectivity index (χ4v) is 2.85. The summed E-state index contributed by atoms with van der Waals surface area (Å²) < 4.78 is 0. The molecule has 118 valence electrons. The summed E-state index contributed by atoms with van der Waals surface area (Å²) in [5.41, 5.74) is 2.75. The van der Waals surface area contributed by atoms with E-state index in [1.807, 2.05) is 36.5 Å². The summed E-state index contributed by atoms with van der Waals surface area (Å²) in [5, 5.41) is 4.93. The Morgan fingerprint density at radius 2 is 1.88 bits per heavy atom. The number of aromatic nitrogens is 3. The predicted molar refractivity (Wildman–Crippen MR) is 96.3 cm³/mol. The number of H-pyrrole nitrogens is 1. The topological polar surface area (TPSA) is 70.7 Å². The maximum absolute atomic E-state index is 12.1. The van der Waals surface area contributed by atoms with Crippen molar-refractivity contribution in [2.75, 3.05) is 11.9 Å². The molecule has 5 nitrogen and oxygen atoms in total. The summed E-state index contributed by atoms with van der Waals surface area (Å²) in [4.78, 5) is 23.8. The van der Waals surface area contributed by atoms with Crippen LogP contribution in [0, 0.1) is 0 Å². The van der Waals surface area contributed by atoms with Crippen LogP contribution < -0.4 is 10.9 Å². The molecule has 0 fully saturated rings. The zero-order chi connectivity index (χ0) is 16.4. The molecule has 2 aromatic heterocycles. The van der Waals surface area contributed by atoms with E-state index in [4.69, 9.17) is 0 Å². The largest absolute Gasteiger partial charge is 0.355 e. The number of hydrogen-bond acceptors (Lipinski definition) is 4. The molecule has 0 bridgehead atoms. The van der Waals surface area contributed by atoms with Crippen molar-refractivity contribution in [3.8, 4) is 0 Å². The molecule has 0 radical (unpaired) electrons. The highest BCUT2D eigenvalue weighted by Gasteiger charge is 2.04. The fraction of sp³-hybridized carbons (Fsp3) is 0.105. The first kappa shape index (κ1) is 14.4. The van der Waals surface area contributed by atoms with E-state index in [0.29, 0.717) is 23.4 Å². The lowest BCUT2D eigenvalue weighted by molar-refractivity contribution is 0.989. The molecular weight excluding hydrogens is 300 g/mol. The van der Waals surface area contributed by atoms with E-state index >= 15 is 0 Å². The van der Waals surface area contributed by atoms with Crippen LogP contribution >= 0.6 is 0 Å². The highest BCUT2D eigenvalue weighted by molar-refractivity contribution is 5.81. The van der Waals surface area contributed by atoms with Gasteiger partial charge in [-0.15, -0.1) is 0 Å². The molecule has 0 unspecified atom stereocenters. The first-order chi connectivity index (χ1) is 11.8. The van der Waals surface area contributed by atoms with Crippen LogP contribution in [0.1, 0.15) is 5.56 Å². The number of hydrogen-bond donors (Lipinski definition) is 2. The van der Waals surface area contributed by atoms with E-state index in [2.05, 4.69) is 38.5 Å². The third-order valence-corrected chi connectivity index (χ3v) is 4.02. The Hall–Kier alpha value is -3.21. The predicted octanol–water partition coefficient (Wildman–Crippen LogP) is 3.13. The molecule has 0 aliphatic heterocycles. The molecule has 0 amide bonds. The van der Waals surface area contributed by atoms with Crippen LogP contribution in [-0.4, -0.2) is 21.5 Å². The van der Waals surface area contributed by atoms with Crippen molar-refractivity contribution in [1.29, 1.82) is 0 Å². The third-order valence-electron chi connectivity index (χ3n) is 4.02. The van der Waals surface area contributed by atoms with Gasteiger partial charge in [-0.1, -0.05) is 36.4 Å². The van der Waals surface area contributed by atoms with Crippen LogP contribution in [0.2, 0.25) is 0 Å². The van der Waals surface area contributed by atoms with Crippen molar-refractivity contribution < 1.29 is 0 Å². The van der Waals surface area contributed by atoms with Gasteiger partial charge in [0.15, 0.2) is 0 Å². The van der Waals surface area contributed by atoms with Crippen LogP contribution in [0.4, 0.5) is 5.95 Å². The van der Waals surface area contributed by atoms with Crippen LogP contribution in [0.25, 0.3) is 21.8 Å². The van der Waals surface area contributed by atoms with Crippen molar-refractivity contribution in [2.45, 2.75) is 6.42 Å². The second kappa shape index (κ2) is 6.12. The molecule has 4 aromatic rings. The van der Waals surface area contributed by atoms with E-state index in [0.717, 1.165) is 17.3 Å². The summed E-state index contributed by atoms with van der Waals surface area (Å²) in [6.45, 7) is 0.664. The summed E-state index contributed by atoms with van der Waals surface area (Å²) in [5.74, 6) is 0.492. The Labute approximate surface area is 138 Å². The first-order valence-electron chi connectivity index (χ1n) is 7.87. The molecular formula is C19H16N4O. The highest BCUT2D eigenvalue weighted by Crippen LogP contribution is 2.16. The number of aromatic amines is 1. The number of para-hydroxylation sites is 2. The third kappa shape index (κ3) is 2.72. The summed E-state index contributed by atoms with van der Waals surface area (Å²) in [6, 6.07) is 17.5. The minimum atomic E-state index is -0.130. The number of fused-ring (bicyclic) bond motifs is 2. The van der Waals surface area contributed by atoms with Crippen LogP contribution in [0.15, 0.2) is 65.6 Å². The van der Waals surface area contributed by atoms with Crippen LogP contribution in [-0.2, 0) is 6.42 Å². The molecule has 4 rings (SSSR count). The number of rotatable bonds is 4. The maximum atomic E-state index is 12.1. The SMILES string of the molecule is O=c1[nH]c(NCCc2cccc3cccnc23)nc2ccccc12. The normalized spacial score (nSPS) is 11.0. The quantitative estimate of drug-likeness (QED) is 0.607. The molecule has 24 heavy (non-hydrogen) atoms. The van der Waals surface area contributed by atoms with Gasteiger partial charge in [-0.2, -0.15) is 0 Å². The summed E-state index contributed by atoms with van der Waals surface area (Å²) in [7, 11) is 0. The lowest BCUT2D eigenvalue weighted by Gasteiger charge is -2.08. The zero-order valence-corrected chi connectivity index (χ0v) is 13.0. The van der Waals surface area contributed by atoms with Gasteiger partial charge < -0.3 is 5.32 Å². The van der Waals surface area contributed by atoms with Gasteiger partial charge in [-0.05, 0) is 30.2 Å². The van der Waals surface area contributed by atoms with Crippen molar-refractivity contribution in [3.63, 3.8) is 0 Å². The molecule has 0 saturated carbocycles. The molecule has 2 heterocycles. The van der Waals surface area contributed by atoms with E-state index in [9.17, 15) is 4.79 Å². The van der Waals surface area contributed by atoms with Crippen molar-refractivity contribution in [1.82, 2.24) is 15.0 Å². The van der Waals surface area contributed by atoms with E-state index in [1.165, 1.54) is 5.56 Å². The van der Waals surface area contributed by atoms with Gasteiger partial charge in [0.05, 0.1) is 16.4 Å². The fourth-order valence-electron chi connectivity index (χ4n) is 2.85. The minimum absolute atomic E-state index is 0.130. The van der Waals surface area contributed by atoms with Gasteiger partial charge in [0.1, 0.15) is 0 Å². The standard InChI is InChI=1S/C19H16N4O/c24-18-15-8-1-2-9-16(15)22-19(23-18)21-12-10-14-6-3-5-13-7-4-11-20-17(13)14/h1-9,11H,10,12H2,(H2,21,22,23,24). The van der Waals surface area contributed by atoms with Crippen LogP contribution in [0.5, 0.6) is 0 Å². The molecule has 0 aliphatic rings. The van der Waals surface area contributed by atoms with E-state index in [-0.39, 0.29) is 5.56 Å². The highest BCUT2D eigenvalue weighted by atomic mass is 16.1. The number of anilines is 1. The maximum Gasteiger partial charge on any atom is 0.260 e. The van der Waals surface area contributed by atoms with Gasteiger partial charge >= 0.3 is 0 Å². The van der Waals surface area contributed by atoms with Gasteiger partial charge in [-0.3, -0.25) is 14.8 Å². The Morgan fingerprint density at radius 1 is 1.00 bits per heavy atom. The molecule has 0 aliphatic carbocycles. The van der Waals surface area contributed by atoms with Crippen molar-refractivity contribution in [2.24, 2.45) is 0 Å². The van der Waals surface area contributed by atoms with Crippen molar-refractivity contribution >= 4 is 27.8 Å². The number of pyridine rings is 1. The monoisotopic (exact) mass is 316 g/mol. The summed E-state index contributed by atoms with van der Waals surface area (Å²) >= 11 is 0. The number of nitrogens with zero attached hydrogens (tertiary/aromatic N) is 2. The molecule has 0 saturated heterocycles. The molecule has 2 N–H and O–H groups in total. The Kier molecular flexibility index (Phi) is 3.67. The Balaban J connectivity index is 1.54. The number of benzene rings is 2. The van der Waals surface area contributed by atoms with E-state index in [1.54, 1.807) is 6.07 Å². The lowest BCUT2D eigenvalue weighted by atomic mass is 10.1. The van der Waals surface area contributed by atoms with Gasteiger partial charge in [0, 0.05) is 18.1 Å². The zero-order valence-electron chi connectivity index (χ0n) is 13.0. The number of nitrogens with one attached hydrogen (secondary N) is 2. The molecule has 0 spiro atoms. The summed E-state index contributed by atoms with van der Waals surface area (Å²) in [6.07, 6.45) is 2.60. The lowest BCUT2D eigenvalue weighted by Crippen LogP contribution is -2.15. The second-order valence-corrected chi connectivity index (χ2v) is 5.60. The Bertz CT molecular complexity index is 1070. The van der Waals surface area contributed by atoms with Gasteiger partial charge in [0.2, 0.25) is 5.95 Å². The van der Waals surface area contributed by atoms with Crippen molar-refractivity contribution in [3.05, 3.63) is 76.7 Å². The van der Waals surface area contributed by atoms with E-state index < -0.39 is 0 Å².